The van der Waals surface area contributed by atoms with E-state index in [1.165, 1.54) is 0 Å². The summed E-state index contributed by atoms with van der Waals surface area (Å²) in [6, 6.07) is 0. The monoisotopic (exact) mass is 96.0 g/mol. The molecule has 0 aliphatic rings. The summed E-state index contributed by atoms with van der Waals surface area (Å²) in [4.78, 5) is 0. The fourth-order valence-electron chi connectivity index (χ4n) is 0.364. The first-order chi connectivity index (χ1) is 3.43. The molecule has 0 saturated carbocycles. The van der Waals surface area contributed by atoms with Crippen LogP contribution in [0.3, 0.4) is 0 Å². The van der Waals surface area contributed by atoms with Gasteiger partial charge in [-0.25, -0.2) is 0 Å². The average Bonchev–Trinajstić information content (AvgIpc) is 2.14. The summed E-state index contributed by atoms with van der Waals surface area (Å²) in [7, 11) is 0. The maximum atomic E-state index is 4.50. The Kier molecular flexibility index (Phi) is 1.11. The van der Waals surface area contributed by atoms with Gasteiger partial charge in [-0.3, -0.25) is 0 Å². The highest BCUT2D eigenvalue weighted by Gasteiger charge is 1.87. The third-order valence-electron chi connectivity index (χ3n) is 0.818. The van der Waals surface area contributed by atoms with Crippen LogP contribution in [0.4, 0.5) is 0 Å². The van der Waals surface area contributed by atoms with Crippen molar-refractivity contribution in [3.63, 3.8) is 0 Å². The quantitative estimate of drug-likeness (QED) is 0.522. The molecule has 0 aliphatic carbocycles. The van der Waals surface area contributed by atoms with Crippen molar-refractivity contribution in [3.8, 4) is 0 Å². The number of aryl methyl sites for hydroxylation is 1. The Hall–Kier alpha value is -0.790. The van der Waals surface area contributed by atoms with Gasteiger partial charge in [0, 0.05) is 5.56 Å². The second-order valence-corrected chi connectivity index (χ2v) is 1.31. The van der Waals surface area contributed by atoms with Crippen molar-refractivity contribution in [1.29, 1.82) is 0 Å². The molecule has 0 bridgehead atoms. The van der Waals surface area contributed by atoms with E-state index in [2.05, 4.69) is 15.9 Å². The standard InChI is InChI=1S/C5H6NO/c1-2-5-3-6-7-4-5/h4H,2H2,1H3. The Balaban J connectivity index is 2.76. The topological polar surface area (TPSA) is 26.0 Å². The molecule has 0 saturated heterocycles. The van der Waals surface area contributed by atoms with Gasteiger partial charge in [-0.1, -0.05) is 12.1 Å². The van der Waals surface area contributed by atoms with Crippen LogP contribution in [0.1, 0.15) is 12.5 Å². The molecule has 0 amide bonds. The first-order valence-electron chi connectivity index (χ1n) is 2.24. The summed E-state index contributed by atoms with van der Waals surface area (Å²) < 4.78 is 4.50. The molecule has 0 aliphatic heterocycles. The van der Waals surface area contributed by atoms with Crippen LogP contribution in [0.25, 0.3) is 0 Å². The fourth-order valence-corrected chi connectivity index (χ4v) is 0.364. The number of rotatable bonds is 1. The van der Waals surface area contributed by atoms with E-state index in [0.29, 0.717) is 0 Å². The third-order valence-corrected chi connectivity index (χ3v) is 0.818. The van der Waals surface area contributed by atoms with Gasteiger partial charge in [-0.05, 0) is 6.42 Å². The molecule has 7 heavy (non-hydrogen) atoms. The second-order valence-electron chi connectivity index (χ2n) is 1.31. The van der Waals surface area contributed by atoms with Gasteiger partial charge in [0.1, 0.15) is 12.5 Å². The van der Waals surface area contributed by atoms with Crippen LogP contribution in [-0.4, -0.2) is 5.16 Å². The van der Waals surface area contributed by atoms with E-state index in [1.54, 1.807) is 6.26 Å². The molecule has 1 rings (SSSR count). The number of hydrogen-bond acceptors (Lipinski definition) is 2. The Morgan fingerprint density at radius 1 is 2.00 bits per heavy atom. The predicted molar refractivity (Wildman–Crippen MR) is 24.7 cm³/mol. The highest BCUT2D eigenvalue weighted by molar-refractivity contribution is 4.96. The summed E-state index contributed by atoms with van der Waals surface area (Å²) in [5.41, 5.74) is 1.03. The molecule has 1 aromatic heterocycles. The molecule has 2 heteroatoms. The van der Waals surface area contributed by atoms with Crippen LogP contribution >= 0.6 is 0 Å². The second kappa shape index (κ2) is 1.78. The molecule has 0 atom stereocenters. The van der Waals surface area contributed by atoms with Crippen molar-refractivity contribution in [2.75, 3.05) is 0 Å². The Labute approximate surface area is 42.1 Å². The van der Waals surface area contributed by atoms with E-state index < -0.39 is 0 Å². The van der Waals surface area contributed by atoms with Gasteiger partial charge in [-0.15, -0.1) is 0 Å². The number of hydrogen-bond donors (Lipinski definition) is 0. The van der Waals surface area contributed by atoms with Crippen LogP contribution in [0.5, 0.6) is 0 Å². The number of aromatic nitrogens is 1. The lowest BCUT2D eigenvalue weighted by Gasteiger charge is -1.73. The van der Waals surface area contributed by atoms with E-state index in [1.807, 2.05) is 6.92 Å². The summed E-state index contributed by atoms with van der Waals surface area (Å²) in [5.74, 6) is 0. The van der Waals surface area contributed by atoms with Crippen molar-refractivity contribution in [2.24, 2.45) is 0 Å². The molecular formula is C5H6NO. The predicted octanol–water partition coefficient (Wildman–Crippen LogP) is 1.04. The fraction of sp³-hybridized carbons (Fsp3) is 0.400. The van der Waals surface area contributed by atoms with Crippen molar-refractivity contribution < 1.29 is 4.52 Å². The van der Waals surface area contributed by atoms with E-state index in [0.717, 1.165) is 12.0 Å². The van der Waals surface area contributed by atoms with Gasteiger partial charge < -0.3 is 4.52 Å². The van der Waals surface area contributed by atoms with Gasteiger partial charge in [-0.2, -0.15) is 0 Å². The molecule has 1 heterocycles. The van der Waals surface area contributed by atoms with Gasteiger partial charge >= 0.3 is 0 Å². The average molecular weight is 96.1 g/mol. The van der Waals surface area contributed by atoms with E-state index in [4.69, 9.17) is 0 Å². The Morgan fingerprint density at radius 2 is 2.86 bits per heavy atom. The molecule has 0 spiro atoms. The van der Waals surface area contributed by atoms with E-state index >= 15 is 0 Å². The van der Waals surface area contributed by atoms with E-state index in [9.17, 15) is 0 Å². The maximum Gasteiger partial charge on any atom is 0.139 e. The third kappa shape index (κ3) is 0.796. The summed E-state index contributed by atoms with van der Waals surface area (Å²) in [6.07, 6.45) is 5.22. The molecule has 0 fully saturated rings. The summed E-state index contributed by atoms with van der Waals surface area (Å²) in [6.45, 7) is 2.03. The van der Waals surface area contributed by atoms with Crippen LogP contribution < -0.4 is 0 Å². The molecule has 37 valence electrons. The number of nitrogens with zero attached hydrogens (tertiary/aromatic N) is 1. The first-order valence-corrected chi connectivity index (χ1v) is 2.24. The molecule has 1 radical (unpaired) electrons. The highest BCUT2D eigenvalue weighted by Crippen LogP contribution is 1.93. The lowest BCUT2D eigenvalue weighted by molar-refractivity contribution is 0.417. The molecule has 0 unspecified atom stereocenters. The lowest BCUT2D eigenvalue weighted by atomic mass is 10.3. The van der Waals surface area contributed by atoms with Gasteiger partial charge in [0.2, 0.25) is 0 Å². The van der Waals surface area contributed by atoms with E-state index in [-0.39, 0.29) is 0 Å². The van der Waals surface area contributed by atoms with Crippen molar-refractivity contribution in [1.82, 2.24) is 5.16 Å². The van der Waals surface area contributed by atoms with Gasteiger partial charge in [0.25, 0.3) is 0 Å². The van der Waals surface area contributed by atoms with Crippen LogP contribution in [0, 0.1) is 6.20 Å². The molecule has 2 nitrogen and oxygen atoms in total. The maximum absolute atomic E-state index is 4.50. The van der Waals surface area contributed by atoms with Crippen LogP contribution in [0.15, 0.2) is 10.8 Å². The minimum Gasteiger partial charge on any atom is -0.364 e. The van der Waals surface area contributed by atoms with Crippen molar-refractivity contribution >= 4 is 0 Å². The summed E-state index contributed by atoms with van der Waals surface area (Å²) >= 11 is 0. The zero-order chi connectivity index (χ0) is 5.11. The van der Waals surface area contributed by atoms with Crippen molar-refractivity contribution in [2.45, 2.75) is 13.3 Å². The minimum absolute atomic E-state index is 0.948. The van der Waals surface area contributed by atoms with Crippen molar-refractivity contribution in [3.05, 3.63) is 18.0 Å². The molecular weight excluding hydrogens is 90.1 g/mol. The van der Waals surface area contributed by atoms with Crippen LogP contribution in [0.2, 0.25) is 0 Å². The molecule has 0 N–H and O–H groups in total. The van der Waals surface area contributed by atoms with Crippen LogP contribution in [-0.2, 0) is 6.42 Å². The van der Waals surface area contributed by atoms with Gasteiger partial charge in [0.05, 0.1) is 0 Å². The highest BCUT2D eigenvalue weighted by atomic mass is 16.5. The first kappa shape index (κ1) is 4.37. The normalized spacial score (nSPS) is 9.29. The molecule has 0 aromatic carbocycles. The smallest absolute Gasteiger partial charge is 0.139 e. The summed E-state index contributed by atoms with van der Waals surface area (Å²) in [5, 5.41) is 3.39. The minimum atomic E-state index is 0.948. The Bertz CT molecular complexity index is 123. The molecule has 1 aromatic rings. The zero-order valence-corrected chi connectivity index (χ0v) is 4.14. The Morgan fingerprint density at radius 3 is 3.14 bits per heavy atom. The lowest BCUT2D eigenvalue weighted by Crippen LogP contribution is -1.68. The SMILES string of the molecule is CCc1[c]noc1. The zero-order valence-electron chi connectivity index (χ0n) is 4.14. The van der Waals surface area contributed by atoms with Gasteiger partial charge in [0.15, 0.2) is 0 Å². The largest absolute Gasteiger partial charge is 0.364 e.